The van der Waals surface area contributed by atoms with Crippen LogP contribution in [0.3, 0.4) is 0 Å². The zero-order chi connectivity index (χ0) is 11.7. The topological polar surface area (TPSA) is 42.0 Å². The lowest BCUT2D eigenvalue weighted by molar-refractivity contribution is -0.114. The molecular weight excluding hydrogens is 200 g/mol. The number of pyridine rings is 1. The maximum absolute atomic E-state index is 11.1. The number of rotatable bonds is 1. The van der Waals surface area contributed by atoms with Crippen LogP contribution >= 0.6 is 0 Å². The van der Waals surface area contributed by atoms with Crippen LogP contribution in [0.2, 0.25) is 0 Å². The van der Waals surface area contributed by atoms with Crippen LogP contribution in [0.5, 0.6) is 0 Å². The summed E-state index contributed by atoms with van der Waals surface area (Å²) in [6.07, 6.45) is 0. The number of nitrogens with one attached hydrogen (secondary N) is 1. The summed E-state index contributed by atoms with van der Waals surface area (Å²) in [5.74, 6) is -0.0739. The van der Waals surface area contributed by atoms with Gasteiger partial charge in [-0.3, -0.25) is 9.78 Å². The Labute approximate surface area is 94.5 Å². The standard InChI is InChI=1S/C13H14N2O/c1-8-6-11-5-4-9(2)14-13(11)12(7-8)15-10(3)16/h4-7H,1-3H3,(H,15,16). The van der Waals surface area contributed by atoms with Crippen LogP contribution in [-0.2, 0) is 4.79 Å². The van der Waals surface area contributed by atoms with Crippen LogP contribution < -0.4 is 5.32 Å². The molecule has 2 aromatic rings. The third-order valence-corrected chi connectivity index (χ3v) is 2.39. The van der Waals surface area contributed by atoms with Crippen LogP contribution in [0.25, 0.3) is 10.9 Å². The number of aryl methyl sites for hydroxylation is 2. The Morgan fingerprint density at radius 1 is 1.25 bits per heavy atom. The van der Waals surface area contributed by atoms with Gasteiger partial charge in [0, 0.05) is 18.0 Å². The number of nitrogens with zero attached hydrogens (tertiary/aromatic N) is 1. The number of amides is 1. The summed E-state index contributed by atoms with van der Waals surface area (Å²) in [4.78, 5) is 15.6. The van der Waals surface area contributed by atoms with E-state index in [1.807, 2.05) is 32.0 Å². The number of hydrogen-bond acceptors (Lipinski definition) is 2. The van der Waals surface area contributed by atoms with Crippen molar-refractivity contribution in [2.24, 2.45) is 0 Å². The smallest absolute Gasteiger partial charge is 0.221 e. The molecule has 0 spiro atoms. The molecule has 0 atom stereocenters. The molecule has 2 rings (SSSR count). The van der Waals surface area contributed by atoms with Gasteiger partial charge >= 0.3 is 0 Å². The molecule has 3 nitrogen and oxygen atoms in total. The van der Waals surface area contributed by atoms with Crippen molar-refractivity contribution >= 4 is 22.5 Å². The lowest BCUT2D eigenvalue weighted by atomic mass is 10.1. The Bertz CT molecular complexity index is 561. The van der Waals surface area contributed by atoms with E-state index in [1.54, 1.807) is 0 Å². The average molecular weight is 214 g/mol. The number of hydrogen-bond donors (Lipinski definition) is 1. The maximum atomic E-state index is 11.1. The van der Waals surface area contributed by atoms with E-state index in [4.69, 9.17) is 0 Å². The van der Waals surface area contributed by atoms with Gasteiger partial charge < -0.3 is 5.32 Å². The molecule has 1 N–H and O–H groups in total. The van der Waals surface area contributed by atoms with Crippen LogP contribution in [0.4, 0.5) is 5.69 Å². The average Bonchev–Trinajstić information content (AvgIpc) is 2.18. The molecule has 0 radical (unpaired) electrons. The van der Waals surface area contributed by atoms with Gasteiger partial charge in [-0.1, -0.05) is 6.07 Å². The summed E-state index contributed by atoms with van der Waals surface area (Å²) in [5, 5.41) is 3.86. The Kier molecular flexibility index (Phi) is 2.60. The SMILES string of the molecule is CC(=O)Nc1cc(C)cc2ccc(C)nc12. The molecule has 1 heterocycles. The molecule has 0 saturated heterocycles. The molecule has 82 valence electrons. The molecule has 0 aliphatic heterocycles. The van der Waals surface area contributed by atoms with Gasteiger partial charge in [0.05, 0.1) is 11.2 Å². The third-order valence-electron chi connectivity index (χ3n) is 2.39. The van der Waals surface area contributed by atoms with Crippen molar-refractivity contribution in [1.82, 2.24) is 4.98 Å². The molecule has 0 aliphatic rings. The second-order valence-electron chi connectivity index (χ2n) is 4.02. The minimum absolute atomic E-state index is 0.0739. The molecular formula is C13H14N2O. The van der Waals surface area contributed by atoms with Crippen LogP contribution in [-0.4, -0.2) is 10.9 Å². The number of aromatic nitrogens is 1. The van der Waals surface area contributed by atoms with Gasteiger partial charge in [0.1, 0.15) is 0 Å². The molecule has 16 heavy (non-hydrogen) atoms. The van der Waals surface area contributed by atoms with E-state index >= 15 is 0 Å². The van der Waals surface area contributed by atoms with E-state index in [-0.39, 0.29) is 5.91 Å². The molecule has 0 aliphatic carbocycles. The lowest BCUT2D eigenvalue weighted by Crippen LogP contribution is -2.07. The second kappa shape index (κ2) is 3.93. The first-order valence-electron chi connectivity index (χ1n) is 5.22. The number of anilines is 1. The Hall–Kier alpha value is -1.90. The number of benzene rings is 1. The highest BCUT2D eigenvalue weighted by molar-refractivity contribution is 5.99. The van der Waals surface area contributed by atoms with Crippen LogP contribution in [0, 0.1) is 13.8 Å². The minimum Gasteiger partial charge on any atom is -0.324 e. The Morgan fingerprint density at radius 2 is 2.00 bits per heavy atom. The van der Waals surface area contributed by atoms with E-state index in [0.29, 0.717) is 0 Å². The van der Waals surface area contributed by atoms with Crippen LogP contribution in [0.1, 0.15) is 18.2 Å². The molecule has 0 fully saturated rings. The fraction of sp³-hybridized carbons (Fsp3) is 0.231. The first-order chi connectivity index (χ1) is 7.56. The number of fused-ring (bicyclic) bond motifs is 1. The highest BCUT2D eigenvalue weighted by Gasteiger charge is 2.05. The predicted molar refractivity (Wildman–Crippen MR) is 65.5 cm³/mol. The summed E-state index contributed by atoms with van der Waals surface area (Å²) in [5.41, 5.74) is 3.69. The monoisotopic (exact) mass is 214 g/mol. The first kappa shape index (κ1) is 10.6. The van der Waals surface area contributed by atoms with E-state index in [1.165, 1.54) is 6.92 Å². The Morgan fingerprint density at radius 3 is 2.69 bits per heavy atom. The van der Waals surface area contributed by atoms with Gasteiger partial charge in [0.2, 0.25) is 5.91 Å². The van der Waals surface area contributed by atoms with E-state index in [9.17, 15) is 4.79 Å². The predicted octanol–water partition coefficient (Wildman–Crippen LogP) is 2.81. The van der Waals surface area contributed by atoms with Crippen molar-refractivity contribution in [2.75, 3.05) is 5.32 Å². The third kappa shape index (κ3) is 2.03. The van der Waals surface area contributed by atoms with Crippen molar-refractivity contribution in [1.29, 1.82) is 0 Å². The van der Waals surface area contributed by atoms with Crippen molar-refractivity contribution in [2.45, 2.75) is 20.8 Å². The highest BCUT2D eigenvalue weighted by Crippen LogP contribution is 2.23. The van der Waals surface area contributed by atoms with Crippen LogP contribution in [0.15, 0.2) is 24.3 Å². The quantitative estimate of drug-likeness (QED) is 0.793. The Balaban J connectivity index is 2.69. The van der Waals surface area contributed by atoms with E-state index < -0.39 is 0 Å². The van der Waals surface area contributed by atoms with Gasteiger partial charge in [-0.05, 0) is 37.6 Å². The maximum Gasteiger partial charge on any atom is 0.221 e. The molecule has 1 aromatic carbocycles. The first-order valence-corrected chi connectivity index (χ1v) is 5.22. The van der Waals surface area contributed by atoms with Crippen molar-refractivity contribution in [3.8, 4) is 0 Å². The van der Waals surface area contributed by atoms with Crippen molar-refractivity contribution in [3.63, 3.8) is 0 Å². The molecule has 1 amide bonds. The van der Waals surface area contributed by atoms with Crippen molar-refractivity contribution in [3.05, 3.63) is 35.5 Å². The largest absolute Gasteiger partial charge is 0.324 e. The zero-order valence-electron chi connectivity index (χ0n) is 9.66. The minimum atomic E-state index is -0.0739. The molecule has 0 saturated carbocycles. The second-order valence-corrected chi connectivity index (χ2v) is 4.02. The summed E-state index contributed by atoms with van der Waals surface area (Å²) >= 11 is 0. The summed E-state index contributed by atoms with van der Waals surface area (Å²) in [6, 6.07) is 8.00. The summed E-state index contributed by atoms with van der Waals surface area (Å²) in [7, 11) is 0. The van der Waals surface area contributed by atoms with Gasteiger partial charge in [-0.2, -0.15) is 0 Å². The van der Waals surface area contributed by atoms with Gasteiger partial charge in [0.25, 0.3) is 0 Å². The van der Waals surface area contributed by atoms with Gasteiger partial charge in [0.15, 0.2) is 0 Å². The summed E-state index contributed by atoms with van der Waals surface area (Å²) < 4.78 is 0. The van der Waals surface area contributed by atoms with E-state index in [2.05, 4.69) is 16.4 Å². The van der Waals surface area contributed by atoms with Gasteiger partial charge in [-0.25, -0.2) is 0 Å². The highest BCUT2D eigenvalue weighted by atomic mass is 16.1. The zero-order valence-corrected chi connectivity index (χ0v) is 9.66. The van der Waals surface area contributed by atoms with Gasteiger partial charge in [-0.15, -0.1) is 0 Å². The molecule has 1 aromatic heterocycles. The lowest BCUT2D eigenvalue weighted by Gasteiger charge is -2.08. The number of carbonyl (C=O) groups is 1. The number of carbonyl (C=O) groups excluding carboxylic acids is 1. The normalized spacial score (nSPS) is 10.4. The molecule has 0 unspecified atom stereocenters. The fourth-order valence-electron chi connectivity index (χ4n) is 1.77. The molecule has 0 bridgehead atoms. The van der Waals surface area contributed by atoms with E-state index in [0.717, 1.165) is 27.8 Å². The summed E-state index contributed by atoms with van der Waals surface area (Å²) in [6.45, 7) is 5.45. The molecule has 3 heteroatoms. The van der Waals surface area contributed by atoms with Crippen molar-refractivity contribution < 1.29 is 4.79 Å². The fourth-order valence-corrected chi connectivity index (χ4v) is 1.77.